The standard InChI is InChI=1S/C25H26N/c1-25(2,3)26(4,23-17-9-13-19-11-5-7-15-21(19)23)24-18-10-14-20-12-6-8-16-22(20)24/h5-18H,1-4H3/q+1. The molecule has 4 aromatic rings. The Balaban J connectivity index is 2.13. The second-order valence-electron chi connectivity index (χ2n) is 8.17. The van der Waals surface area contributed by atoms with E-state index in [4.69, 9.17) is 0 Å². The first-order chi connectivity index (χ1) is 12.4. The molecule has 0 aromatic heterocycles. The summed E-state index contributed by atoms with van der Waals surface area (Å²) in [5, 5.41) is 5.22. The van der Waals surface area contributed by atoms with E-state index in [0.717, 1.165) is 4.48 Å². The molecule has 0 aliphatic heterocycles. The Labute approximate surface area is 156 Å². The third kappa shape index (κ3) is 2.43. The molecule has 0 atom stereocenters. The molecule has 0 fully saturated rings. The first-order valence-corrected chi connectivity index (χ1v) is 9.26. The maximum atomic E-state index is 2.35. The molecular formula is C25H26N+. The average Bonchev–Trinajstić information content (AvgIpc) is 2.65. The largest absolute Gasteiger partial charge is 0.256 e. The second-order valence-corrected chi connectivity index (χ2v) is 8.17. The van der Waals surface area contributed by atoms with Gasteiger partial charge in [-0.3, -0.25) is 4.48 Å². The van der Waals surface area contributed by atoms with Crippen molar-refractivity contribution in [1.29, 1.82) is 0 Å². The number of nitrogens with zero attached hydrogens (tertiary/aromatic N) is 1. The Hall–Kier alpha value is -2.64. The van der Waals surface area contributed by atoms with Crippen molar-refractivity contribution >= 4 is 32.9 Å². The van der Waals surface area contributed by atoms with Gasteiger partial charge in [-0.05, 0) is 43.7 Å². The van der Waals surface area contributed by atoms with Crippen LogP contribution in [0.1, 0.15) is 20.8 Å². The Morgan fingerprint density at radius 3 is 1.35 bits per heavy atom. The van der Waals surface area contributed by atoms with Crippen LogP contribution >= 0.6 is 0 Å². The van der Waals surface area contributed by atoms with E-state index in [-0.39, 0.29) is 5.54 Å². The fourth-order valence-electron chi connectivity index (χ4n) is 4.05. The van der Waals surface area contributed by atoms with Crippen LogP contribution in [0.5, 0.6) is 0 Å². The van der Waals surface area contributed by atoms with Gasteiger partial charge in [-0.25, -0.2) is 0 Å². The molecule has 0 aliphatic rings. The van der Waals surface area contributed by atoms with Crippen LogP contribution in [0.4, 0.5) is 11.4 Å². The Morgan fingerprint density at radius 2 is 0.923 bits per heavy atom. The summed E-state index contributed by atoms with van der Waals surface area (Å²) < 4.78 is 0.746. The highest BCUT2D eigenvalue weighted by atomic mass is 15.4. The molecule has 4 rings (SSSR count). The molecule has 0 spiro atoms. The van der Waals surface area contributed by atoms with Gasteiger partial charge >= 0.3 is 0 Å². The van der Waals surface area contributed by atoms with Crippen LogP contribution in [-0.2, 0) is 0 Å². The van der Waals surface area contributed by atoms with Gasteiger partial charge in [0, 0.05) is 22.9 Å². The first-order valence-electron chi connectivity index (χ1n) is 9.26. The van der Waals surface area contributed by atoms with E-state index < -0.39 is 0 Å². The van der Waals surface area contributed by atoms with Crippen molar-refractivity contribution in [3.8, 4) is 0 Å². The van der Waals surface area contributed by atoms with Gasteiger partial charge in [0.15, 0.2) is 0 Å². The summed E-state index contributed by atoms with van der Waals surface area (Å²) in [6, 6.07) is 30.8. The number of quaternary nitrogens is 1. The number of fused-ring (bicyclic) bond motifs is 2. The van der Waals surface area contributed by atoms with Gasteiger partial charge in [-0.2, -0.15) is 0 Å². The van der Waals surface area contributed by atoms with Crippen molar-refractivity contribution in [2.24, 2.45) is 0 Å². The minimum Gasteiger partial charge on any atom is -0.256 e. The smallest absolute Gasteiger partial charge is 0.146 e. The molecule has 0 aliphatic carbocycles. The van der Waals surface area contributed by atoms with Gasteiger partial charge < -0.3 is 0 Å². The highest BCUT2D eigenvalue weighted by molar-refractivity contribution is 6.00. The SMILES string of the molecule is CC(C)(C)[N+](C)(c1cccc2ccccc12)c1cccc2ccccc12. The lowest BCUT2D eigenvalue weighted by Crippen LogP contribution is -2.54. The van der Waals surface area contributed by atoms with Crippen molar-refractivity contribution in [3.63, 3.8) is 0 Å². The molecule has 0 radical (unpaired) electrons. The summed E-state index contributed by atoms with van der Waals surface area (Å²) in [6.45, 7) is 6.99. The zero-order valence-corrected chi connectivity index (χ0v) is 16.0. The minimum atomic E-state index is -0.00570. The van der Waals surface area contributed by atoms with Crippen molar-refractivity contribution in [2.45, 2.75) is 26.3 Å². The van der Waals surface area contributed by atoms with Gasteiger partial charge in [-0.1, -0.05) is 60.7 Å². The lowest BCUT2D eigenvalue weighted by Gasteiger charge is -2.45. The van der Waals surface area contributed by atoms with Crippen LogP contribution in [0, 0.1) is 0 Å². The van der Waals surface area contributed by atoms with Crippen LogP contribution in [0.3, 0.4) is 0 Å². The fraction of sp³-hybridized carbons (Fsp3) is 0.200. The summed E-state index contributed by atoms with van der Waals surface area (Å²) in [4.78, 5) is 0. The zero-order chi connectivity index (χ0) is 18.4. The Kier molecular flexibility index (Phi) is 3.86. The van der Waals surface area contributed by atoms with E-state index in [1.54, 1.807) is 0 Å². The second kappa shape index (κ2) is 5.96. The van der Waals surface area contributed by atoms with Crippen LogP contribution in [0.2, 0.25) is 0 Å². The lowest BCUT2D eigenvalue weighted by atomic mass is 9.94. The molecule has 1 nitrogen and oxygen atoms in total. The lowest BCUT2D eigenvalue weighted by molar-refractivity contribution is 0.262. The van der Waals surface area contributed by atoms with E-state index >= 15 is 0 Å². The molecule has 0 unspecified atom stereocenters. The number of hydrogen-bond acceptors (Lipinski definition) is 0. The fourth-order valence-corrected chi connectivity index (χ4v) is 4.05. The maximum absolute atomic E-state index is 2.35. The topological polar surface area (TPSA) is 0 Å². The van der Waals surface area contributed by atoms with E-state index in [2.05, 4.69) is 113 Å². The summed E-state index contributed by atoms with van der Waals surface area (Å²) in [7, 11) is 2.35. The first kappa shape index (κ1) is 16.8. The number of benzene rings is 4. The molecule has 0 bridgehead atoms. The normalized spacial score (nSPS) is 12.6. The van der Waals surface area contributed by atoms with Gasteiger partial charge in [0.2, 0.25) is 0 Å². The molecule has 0 amide bonds. The van der Waals surface area contributed by atoms with Crippen molar-refractivity contribution in [1.82, 2.24) is 4.48 Å². The van der Waals surface area contributed by atoms with Crippen LogP contribution < -0.4 is 4.48 Å². The van der Waals surface area contributed by atoms with E-state index in [1.807, 2.05) is 0 Å². The van der Waals surface area contributed by atoms with Gasteiger partial charge in [0.05, 0.1) is 12.6 Å². The third-order valence-electron chi connectivity index (χ3n) is 5.84. The van der Waals surface area contributed by atoms with Crippen molar-refractivity contribution in [3.05, 3.63) is 84.9 Å². The monoisotopic (exact) mass is 340 g/mol. The zero-order valence-electron chi connectivity index (χ0n) is 16.0. The van der Waals surface area contributed by atoms with Gasteiger partial charge in [0.25, 0.3) is 0 Å². The Morgan fingerprint density at radius 1 is 0.538 bits per heavy atom. The summed E-state index contributed by atoms with van der Waals surface area (Å²) >= 11 is 0. The van der Waals surface area contributed by atoms with Crippen LogP contribution in [0.25, 0.3) is 21.5 Å². The van der Waals surface area contributed by atoms with Crippen molar-refractivity contribution in [2.75, 3.05) is 7.05 Å². The summed E-state index contributed by atoms with van der Waals surface area (Å²) in [6.07, 6.45) is 0. The van der Waals surface area contributed by atoms with Crippen LogP contribution in [0.15, 0.2) is 84.9 Å². The molecule has 1 heteroatoms. The number of hydrogen-bond donors (Lipinski definition) is 0. The molecule has 0 N–H and O–H groups in total. The quantitative estimate of drug-likeness (QED) is 0.343. The predicted octanol–water partition coefficient (Wildman–Crippen LogP) is 7.06. The van der Waals surface area contributed by atoms with E-state index in [1.165, 1.54) is 32.9 Å². The molecule has 0 saturated heterocycles. The third-order valence-corrected chi connectivity index (χ3v) is 5.84. The Bertz CT molecular complexity index is 996. The van der Waals surface area contributed by atoms with Crippen LogP contribution in [-0.4, -0.2) is 12.6 Å². The highest BCUT2D eigenvalue weighted by Crippen LogP contribution is 2.46. The average molecular weight is 340 g/mol. The van der Waals surface area contributed by atoms with Gasteiger partial charge in [0.1, 0.15) is 11.4 Å². The summed E-state index contributed by atoms with van der Waals surface area (Å²) in [5.41, 5.74) is 2.67. The molecule has 0 heterocycles. The van der Waals surface area contributed by atoms with E-state index in [0.29, 0.717) is 0 Å². The highest BCUT2D eigenvalue weighted by Gasteiger charge is 2.42. The summed E-state index contributed by atoms with van der Waals surface area (Å²) in [5.74, 6) is 0. The van der Waals surface area contributed by atoms with E-state index in [9.17, 15) is 0 Å². The minimum absolute atomic E-state index is 0.00570. The molecule has 4 aromatic carbocycles. The molecule has 130 valence electrons. The maximum Gasteiger partial charge on any atom is 0.146 e. The predicted molar refractivity (Wildman–Crippen MR) is 115 cm³/mol. The molecular weight excluding hydrogens is 314 g/mol. The molecule has 26 heavy (non-hydrogen) atoms. The van der Waals surface area contributed by atoms with Crippen molar-refractivity contribution < 1.29 is 0 Å². The molecule has 0 saturated carbocycles. The van der Waals surface area contributed by atoms with Gasteiger partial charge in [-0.15, -0.1) is 0 Å². The number of rotatable bonds is 2.